The van der Waals surface area contributed by atoms with E-state index in [1.54, 1.807) is 54.9 Å². The Morgan fingerprint density at radius 1 is 1.19 bits per heavy atom. The van der Waals surface area contributed by atoms with Crippen LogP contribution in [-0.2, 0) is 13.1 Å². The first-order valence-electron chi connectivity index (χ1n) is 8.16. The van der Waals surface area contributed by atoms with Crippen LogP contribution in [-0.4, -0.2) is 27.9 Å². The summed E-state index contributed by atoms with van der Waals surface area (Å²) < 4.78 is 19.8. The number of amides is 1. The van der Waals surface area contributed by atoms with Gasteiger partial charge in [-0.25, -0.2) is 4.39 Å². The molecule has 5 nitrogen and oxygen atoms in total. The van der Waals surface area contributed by atoms with Crippen molar-refractivity contribution in [3.05, 3.63) is 77.6 Å². The highest BCUT2D eigenvalue weighted by atomic mass is 19.1. The van der Waals surface area contributed by atoms with Gasteiger partial charge < -0.3 is 9.64 Å². The van der Waals surface area contributed by atoms with Crippen molar-refractivity contribution in [2.75, 3.05) is 7.11 Å². The predicted molar refractivity (Wildman–Crippen MR) is 94.0 cm³/mol. The van der Waals surface area contributed by atoms with Crippen molar-refractivity contribution in [3.8, 4) is 16.9 Å². The summed E-state index contributed by atoms with van der Waals surface area (Å²) in [5, 5.41) is 0. The molecule has 4 rings (SSSR count). The predicted octanol–water partition coefficient (Wildman–Crippen LogP) is 3.45. The third kappa shape index (κ3) is 2.90. The lowest BCUT2D eigenvalue weighted by atomic mass is 10.0. The maximum absolute atomic E-state index is 14.6. The van der Waals surface area contributed by atoms with E-state index in [4.69, 9.17) is 4.74 Å². The smallest absolute Gasteiger partial charge is 0.256 e. The maximum atomic E-state index is 14.6. The molecule has 6 heteroatoms. The van der Waals surface area contributed by atoms with Crippen molar-refractivity contribution in [1.82, 2.24) is 14.9 Å². The first-order valence-corrected chi connectivity index (χ1v) is 8.16. The highest BCUT2D eigenvalue weighted by Gasteiger charge is 2.28. The Labute approximate surface area is 150 Å². The number of nitrogens with zero attached hydrogens (tertiary/aromatic N) is 3. The van der Waals surface area contributed by atoms with Gasteiger partial charge in [-0.05, 0) is 29.8 Å². The lowest BCUT2D eigenvalue weighted by molar-refractivity contribution is 0.0765. The summed E-state index contributed by atoms with van der Waals surface area (Å²) in [7, 11) is 1.56. The second kappa shape index (κ2) is 6.55. The van der Waals surface area contributed by atoms with Crippen LogP contribution in [0, 0.1) is 5.82 Å². The zero-order chi connectivity index (χ0) is 18.1. The van der Waals surface area contributed by atoms with E-state index in [9.17, 15) is 9.18 Å². The average Bonchev–Trinajstić information content (AvgIpc) is 2.99. The molecule has 2 aromatic heterocycles. The number of benzene rings is 1. The molecule has 0 N–H and O–H groups in total. The molecule has 0 bridgehead atoms. The molecule has 26 heavy (non-hydrogen) atoms. The number of hydrogen-bond acceptors (Lipinski definition) is 4. The summed E-state index contributed by atoms with van der Waals surface area (Å²) in [6, 6.07) is 10.3. The Balaban J connectivity index is 1.57. The molecule has 0 saturated carbocycles. The lowest BCUT2D eigenvalue weighted by Crippen LogP contribution is -2.23. The number of hydrogen-bond donors (Lipinski definition) is 0. The van der Waals surface area contributed by atoms with E-state index >= 15 is 0 Å². The number of ether oxygens (including phenoxy) is 1. The van der Waals surface area contributed by atoms with E-state index in [-0.39, 0.29) is 18.3 Å². The third-order valence-electron chi connectivity index (χ3n) is 4.44. The van der Waals surface area contributed by atoms with Crippen LogP contribution in [0.5, 0.6) is 5.75 Å². The molecule has 0 aliphatic carbocycles. The number of halogens is 1. The highest BCUT2D eigenvalue weighted by molar-refractivity contribution is 5.97. The van der Waals surface area contributed by atoms with Crippen LogP contribution >= 0.6 is 0 Å². The van der Waals surface area contributed by atoms with E-state index in [0.29, 0.717) is 29.0 Å². The molecule has 1 aromatic carbocycles. The van der Waals surface area contributed by atoms with E-state index < -0.39 is 0 Å². The van der Waals surface area contributed by atoms with Crippen LogP contribution in [0.1, 0.15) is 21.6 Å². The molecule has 0 saturated heterocycles. The quantitative estimate of drug-likeness (QED) is 0.724. The van der Waals surface area contributed by atoms with Crippen molar-refractivity contribution in [1.29, 1.82) is 0 Å². The molecule has 3 aromatic rings. The van der Waals surface area contributed by atoms with Crippen molar-refractivity contribution >= 4 is 5.91 Å². The van der Waals surface area contributed by atoms with Crippen LogP contribution in [0.25, 0.3) is 11.1 Å². The molecule has 0 unspecified atom stereocenters. The molecule has 3 heterocycles. The Hall–Kier alpha value is -3.28. The number of methoxy groups -OCH3 is 1. The molecular weight excluding hydrogens is 333 g/mol. The minimum Gasteiger partial charge on any atom is -0.495 e. The fourth-order valence-electron chi connectivity index (χ4n) is 3.06. The summed E-state index contributed by atoms with van der Waals surface area (Å²) in [5.74, 6) is 0.135. The number of rotatable bonds is 4. The van der Waals surface area contributed by atoms with Gasteiger partial charge in [0.1, 0.15) is 11.6 Å². The molecular formula is C20H16FN3O2. The fraction of sp³-hybridized carbons (Fsp3) is 0.150. The van der Waals surface area contributed by atoms with E-state index in [1.165, 1.54) is 6.07 Å². The Bertz CT molecular complexity index is 990. The number of carbonyl (C=O) groups is 1. The summed E-state index contributed by atoms with van der Waals surface area (Å²) in [4.78, 5) is 22.3. The lowest BCUT2D eigenvalue weighted by Gasteiger charge is -2.16. The van der Waals surface area contributed by atoms with Gasteiger partial charge in [0, 0.05) is 30.1 Å². The minimum atomic E-state index is -0.359. The topological polar surface area (TPSA) is 55.3 Å². The standard InChI is InChI=1S/C20H16FN3O2/c1-26-16-7-15(9-22-10-16)13-4-5-14(18(21)8-13)11-24-12-19-17(20(24)25)3-2-6-23-19/h2-10H,11-12H2,1H3. The van der Waals surface area contributed by atoms with E-state index in [1.807, 2.05) is 6.07 Å². The van der Waals surface area contributed by atoms with Gasteiger partial charge in [-0.15, -0.1) is 0 Å². The van der Waals surface area contributed by atoms with E-state index in [2.05, 4.69) is 9.97 Å². The van der Waals surface area contributed by atoms with Crippen LogP contribution in [0.4, 0.5) is 4.39 Å². The number of pyridine rings is 2. The van der Waals surface area contributed by atoms with Crippen LogP contribution in [0.3, 0.4) is 0 Å². The maximum Gasteiger partial charge on any atom is 0.256 e. The third-order valence-corrected chi connectivity index (χ3v) is 4.44. The normalized spacial score (nSPS) is 13.0. The zero-order valence-corrected chi connectivity index (χ0v) is 14.1. The first kappa shape index (κ1) is 16.2. The van der Waals surface area contributed by atoms with Crippen molar-refractivity contribution in [2.45, 2.75) is 13.1 Å². The van der Waals surface area contributed by atoms with Crippen molar-refractivity contribution < 1.29 is 13.9 Å². The van der Waals surface area contributed by atoms with Gasteiger partial charge in [0.25, 0.3) is 5.91 Å². The van der Waals surface area contributed by atoms with Gasteiger partial charge >= 0.3 is 0 Å². The zero-order valence-electron chi connectivity index (χ0n) is 14.1. The van der Waals surface area contributed by atoms with Gasteiger partial charge in [0.05, 0.1) is 31.1 Å². The highest BCUT2D eigenvalue weighted by Crippen LogP contribution is 2.27. The monoisotopic (exact) mass is 349 g/mol. The number of fused-ring (bicyclic) bond motifs is 1. The SMILES string of the molecule is COc1cncc(-c2ccc(CN3Cc4ncccc4C3=O)c(F)c2)c1. The van der Waals surface area contributed by atoms with E-state index in [0.717, 1.165) is 11.3 Å². The molecule has 130 valence electrons. The molecule has 1 amide bonds. The van der Waals surface area contributed by atoms with Gasteiger partial charge in [0.15, 0.2) is 0 Å². The van der Waals surface area contributed by atoms with Crippen molar-refractivity contribution in [2.24, 2.45) is 0 Å². The second-order valence-electron chi connectivity index (χ2n) is 6.08. The second-order valence-corrected chi connectivity index (χ2v) is 6.08. The minimum absolute atomic E-state index is 0.117. The van der Waals surface area contributed by atoms with Gasteiger partial charge in [-0.3, -0.25) is 14.8 Å². The summed E-state index contributed by atoms with van der Waals surface area (Å²) in [6.45, 7) is 0.605. The summed E-state index contributed by atoms with van der Waals surface area (Å²) >= 11 is 0. The molecule has 1 aliphatic rings. The van der Waals surface area contributed by atoms with Crippen LogP contribution in [0.2, 0.25) is 0 Å². The average molecular weight is 349 g/mol. The summed E-state index contributed by atoms with van der Waals surface area (Å²) in [6.07, 6.45) is 4.91. The molecule has 0 spiro atoms. The van der Waals surface area contributed by atoms with Crippen LogP contribution < -0.4 is 4.74 Å². The summed E-state index contributed by atoms with van der Waals surface area (Å²) in [5.41, 5.74) is 3.26. The number of aromatic nitrogens is 2. The Morgan fingerprint density at radius 2 is 2.08 bits per heavy atom. The Kier molecular flexibility index (Phi) is 4.08. The molecule has 0 fully saturated rings. The fourth-order valence-corrected chi connectivity index (χ4v) is 3.06. The Morgan fingerprint density at radius 3 is 2.85 bits per heavy atom. The van der Waals surface area contributed by atoms with Gasteiger partial charge in [0.2, 0.25) is 0 Å². The number of carbonyl (C=O) groups excluding carboxylic acids is 1. The van der Waals surface area contributed by atoms with Crippen LogP contribution in [0.15, 0.2) is 55.0 Å². The molecule has 1 aliphatic heterocycles. The van der Waals surface area contributed by atoms with Gasteiger partial charge in [-0.2, -0.15) is 0 Å². The van der Waals surface area contributed by atoms with Gasteiger partial charge in [-0.1, -0.05) is 12.1 Å². The largest absolute Gasteiger partial charge is 0.495 e. The molecule has 0 radical (unpaired) electrons. The molecule has 0 atom stereocenters. The first-order chi connectivity index (χ1) is 12.7. The van der Waals surface area contributed by atoms with Crippen molar-refractivity contribution in [3.63, 3.8) is 0 Å².